The summed E-state index contributed by atoms with van der Waals surface area (Å²) in [5, 5.41) is 3.06. The molecule has 0 aromatic rings. The number of carbonyl (C=O) groups excluding carboxylic acids is 2. The lowest BCUT2D eigenvalue weighted by atomic mass is 9.65. The van der Waals surface area contributed by atoms with Gasteiger partial charge in [0.15, 0.2) is 0 Å². The van der Waals surface area contributed by atoms with Crippen LogP contribution in [0, 0.1) is 11.3 Å². The largest absolute Gasteiger partial charge is 0.356 e. The van der Waals surface area contributed by atoms with Crippen molar-refractivity contribution in [1.29, 1.82) is 0 Å². The van der Waals surface area contributed by atoms with Crippen LogP contribution in [-0.2, 0) is 9.59 Å². The highest BCUT2D eigenvalue weighted by Gasteiger charge is 2.39. The fraction of sp³-hybridized carbons (Fsp3) is 0.900. The van der Waals surface area contributed by atoms with E-state index >= 15 is 0 Å². The molecule has 4 nitrogen and oxygen atoms in total. The molecule has 2 fully saturated rings. The quantitative estimate of drug-likeness (QED) is 0.737. The highest BCUT2D eigenvalue weighted by atomic mass is 16.1. The first-order valence-corrected chi connectivity index (χ1v) is 10.1. The average Bonchev–Trinajstić information content (AvgIpc) is 2.62. The number of nitrogens with zero attached hydrogens (tertiary/aromatic N) is 1. The van der Waals surface area contributed by atoms with Gasteiger partial charge in [-0.2, -0.15) is 0 Å². The van der Waals surface area contributed by atoms with Crippen LogP contribution in [0.1, 0.15) is 78.1 Å². The molecule has 0 bridgehead atoms. The van der Waals surface area contributed by atoms with E-state index in [-0.39, 0.29) is 11.8 Å². The lowest BCUT2D eigenvalue weighted by molar-refractivity contribution is -0.127. The van der Waals surface area contributed by atoms with Gasteiger partial charge in [-0.1, -0.05) is 13.8 Å². The number of hydrogen-bond acceptors (Lipinski definition) is 3. The average molecular weight is 337 g/mol. The van der Waals surface area contributed by atoms with Crippen molar-refractivity contribution < 1.29 is 9.59 Å². The Kier molecular flexibility index (Phi) is 7.73. The lowest BCUT2D eigenvalue weighted by Gasteiger charge is -2.45. The van der Waals surface area contributed by atoms with Crippen LogP contribution in [-0.4, -0.2) is 42.8 Å². The second-order valence-corrected chi connectivity index (χ2v) is 7.90. The molecule has 1 spiro atoms. The molecule has 1 amide bonds. The Hall–Kier alpha value is -0.900. The fourth-order valence-corrected chi connectivity index (χ4v) is 4.31. The van der Waals surface area contributed by atoms with E-state index in [1.165, 1.54) is 38.8 Å². The number of piperidine rings is 1. The molecule has 0 aromatic heterocycles. The number of nitrogens with one attached hydrogen (secondary N) is 1. The summed E-state index contributed by atoms with van der Waals surface area (Å²) in [7, 11) is 0. The topological polar surface area (TPSA) is 49.4 Å². The van der Waals surface area contributed by atoms with Crippen LogP contribution in [0.4, 0.5) is 0 Å². The van der Waals surface area contributed by atoms with E-state index in [1.807, 2.05) is 6.92 Å². The third kappa shape index (κ3) is 5.58. The van der Waals surface area contributed by atoms with Crippen LogP contribution >= 0.6 is 0 Å². The Morgan fingerprint density at radius 2 is 1.75 bits per heavy atom. The predicted molar refractivity (Wildman–Crippen MR) is 97.9 cm³/mol. The van der Waals surface area contributed by atoms with Crippen LogP contribution in [0.25, 0.3) is 0 Å². The molecule has 1 aliphatic heterocycles. The number of amides is 1. The van der Waals surface area contributed by atoms with E-state index in [4.69, 9.17) is 0 Å². The molecule has 1 aliphatic carbocycles. The Morgan fingerprint density at radius 1 is 1.08 bits per heavy atom. The molecule has 1 saturated heterocycles. The van der Waals surface area contributed by atoms with Crippen LogP contribution in [0.15, 0.2) is 0 Å². The van der Waals surface area contributed by atoms with Crippen molar-refractivity contribution in [3.8, 4) is 0 Å². The number of rotatable bonds is 8. The maximum Gasteiger partial charge on any atom is 0.223 e. The molecule has 24 heavy (non-hydrogen) atoms. The predicted octanol–water partition coefficient (Wildman–Crippen LogP) is 3.54. The smallest absolute Gasteiger partial charge is 0.223 e. The molecule has 2 rings (SSSR count). The molecule has 1 N–H and O–H groups in total. The molecule has 138 valence electrons. The van der Waals surface area contributed by atoms with E-state index in [1.54, 1.807) is 0 Å². The monoisotopic (exact) mass is 336 g/mol. The second-order valence-electron chi connectivity index (χ2n) is 7.90. The van der Waals surface area contributed by atoms with Crippen LogP contribution in [0.5, 0.6) is 0 Å². The van der Waals surface area contributed by atoms with Crippen LogP contribution in [0.2, 0.25) is 0 Å². The van der Waals surface area contributed by atoms with Crippen molar-refractivity contribution in [2.45, 2.75) is 78.1 Å². The van der Waals surface area contributed by atoms with Gasteiger partial charge in [0, 0.05) is 25.3 Å². The van der Waals surface area contributed by atoms with E-state index < -0.39 is 0 Å². The minimum Gasteiger partial charge on any atom is -0.356 e. The molecular formula is C20H36N2O2. The maximum absolute atomic E-state index is 12.1. The van der Waals surface area contributed by atoms with Crippen LogP contribution < -0.4 is 5.32 Å². The number of likely N-dealkylation sites (tertiary alicyclic amines) is 1. The molecule has 0 radical (unpaired) electrons. The maximum atomic E-state index is 12.1. The summed E-state index contributed by atoms with van der Waals surface area (Å²) in [6.07, 6.45) is 10.6. The van der Waals surface area contributed by atoms with Gasteiger partial charge in [-0.15, -0.1) is 0 Å². The zero-order chi connectivity index (χ0) is 17.4. The Bertz CT molecular complexity index is 404. The van der Waals surface area contributed by atoms with Gasteiger partial charge in [-0.25, -0.2) is 0 Å². The first kappa shape index (κ1) is 19.4. The van der Waals surface area contributed by atoms with E-state index in [0.29, 0.717) is 17.6 Å². The lowest BCUT2D eigenvalue weighted by Crippen LogP contribution is -2.44. The summed E-state index contributed by atoms with van der Waals surface area (Å²) in [4.78, 5) is 26.1. The number of Topliss-reactive ketones (excluding diaryl/α,β-unsaturated/α-hetero) is 1. The van der Waals surface area contributed by atoms with Gasteiger partial charge in [0.05, 0.1) is 0 Å². The third-order valence-electron chi connectivity index (χ3n) is 6.21. The van der Waals surface area contributed by atoms with Crippen molar-refractivity contribution in [2.24, 2.45) is 11.3 Å². The van der Waals surface area contributed by atoms with Gasteiger partial charge in [-0.3, -0.25) is 9.59 Å². The van der Waals surface area contributed by atoms with Gasteiger partial charge in [0.1, 0.15) is 5.78 Å². The molecule has 2 aliphatic rings. The molecule has 0 atom stereocenters. The zero-order valence-electron chi connectivity index (χ0n) is 15.7. The Morgan fingerprint density at radius 3 is 2.33 bits per heavy atom. The van der Waals surface area contributed by atoms with E-state index in [9.17, 15) is 9.59 Å². The summed E-state index contributed by atoms with van der Waals surface area (Å²) in [6.45, 7) is 8.29. The molecule has 1 heterocycles. The second kappa shape index (κ2) is 9.55. The van der Waals surface area contributed by atoms with Gasteiger partial charge >= 0.3 is 0 Å². The zero-order valence-corrected chi connectivity index (χ0v) is 15.7. The van der Waals surface area contributed by atoms with Crippen LogP contribution in [0.3, 0.4) is 0 Å². The molecule has 4 heteroatoms. The van der Waals surface area contributed by atoms with Gasteiger partial charge in [0.25, 0.3) is 0 Å². The van der Waals surface area contributed by atoms with Gasteiger partial charge in [0.2, 0.25) is 5.91 Å². The normalized spacial score (nSPS) is 21.8. The Labute approximate surface area is 147 Å². The van der Waals surface area contributed by atoms with Crippen molar-refractivity contribution >= 4 is 11.7 Å². The van der Waals surface area contributed by atoms with Crippen molar-refractivity contribution in [2.75, 3.05) is 26.2 Å². The molecular weight excluding hydrogens is 300 g/mol. The third-order valence-corrected chi connectivity index (χ3v) is 6.21. The SMILES string of the molecule is CCCNC(=O)C1CCC2(CC1)CCN(CCCC(=O)CC)CC2. The Balaban J connectivity index is 1.67. The highest BCUT2D eigenvalue weighted by Crippen LogP contribution is 2.46. The summed E-state index contributed by atoms with van der Waals surface area (Å²) in [6, 6.07) is 0. The summed E-state index contributed by atoms with van der Waals surface area (Å²) < 4.78 is 0. The first-order chi connectivity index (χ1) is 11.6. The van der Waals surface area contributed by atoms with Gasteiger partial charge < -0.3 is 10.2 Å². The molecule has 1 saturated carbocycles. The highest BCUT2D eigenvalue weighted by molar-refractivity contribution is 5.78. The molecule has 0 aromatic carbocycles. The molecule has 0 unspecified atom stereocenters. The summed E-state index contributed by atoms with van der Waals surface area (Å²) in [5.74, 6) is 0.924. The minimum atomic E-state index is 0.250. The van der Waals surface area contributed by atoms with Crippen molar-refractivity contribution in [3.63, 3.8) is 0 Å². The van der Waals surface area contributed by atoms with Gasteiger partial charge in [-0.05, 0) is 76.4 Å². The van der Waals surface area contributed by atoms with E-state index in [2.05, 4.69) is 17.1 Å². The van der Waals surface area contributed by atoms with Crippen molar-refractivity contribution in [1.82, 2.24) is 10.2 Å². The fourth-order valence-electron chi connectivity index (χ4n) is 4.31. The standard InChI is InChI=1S/C20H36N2O2/c1-3-13-21-19(24)17-7-9-20(10-8-17)11-15-22(16-12-20)14-5-6-18(23)4-2/h17H,3-16H2,1-2H3,(H,21,24). The minimum absolute atomic E-state index is 0.250. The van der Waals surface area contributed by atoms with Crippen molar-refractivity contribution in [3.05, 3.63) is 0 Å². The summed E-state index contributed by atoms with van der Waals surface area (Å²) >= 11 is 0. The first-order valence-electron chi connectivity index (χ1n) is 10.1. The summed E-state index contributed by atoms with van der Waals surface area (Å²) in [5.41, 5.74) is 0.497. The number of carbonyl (C=O) groups is 2. The van der Waals surface area contributed by atoms with E-state index in [0.717, 1.165) is 45.2 Å². The number of hydrogen-bond donors (Lipinski definition) is 1. The number of ketones is 1.